The van der Waals surface area contributed by atoms with Crippen molar-refractivity contribution < 1.29 is 9.59 Å². The second kappa shape index (κ2) is 7.49. The van der Waals surface area contributed by atoms with Crippen molar-refractivity contribution in [1.82, 2.24) is 9.97 Å². The van der Waals surface area contributed by atoms with E-state index in [0.29, 0.717) is 0 Å². The van der Waals surface area contributed by atoms with Gasteiger partial charge in [0.1, 0.15) is 6.33 Å². The van der Waals surface area contributed by atoms with Crippen LogP contribution in [0, 0.1) is 6.92 Å². The van der Waals surface area contributed by atoms with Crippen molar-refractivity contribution in [2.75, 3.05) is 11.4 Å². The number of hydrogen-bond donors (Lipinski definition) is 1. The van der Waals surface area contributed by atoms with Crippen molar-refractivity contribution in [1.29, 1.82) is 0 Å². The fourth-order valence-corrected chi connectivity index (χ4v) is 2.29. The molecule has 2 amide bonds. The van der Waals surface area contributed by atoms with Gasteiger partial charge in [-0.05, 0) is 31.5 Å². The number of hydrogen-bond acceptors (Lipinski definition) is 4. The lowest BCUT2D eigenvalue weighted by Crippen LogP contribution is -2.37. The van der Waals surface area contributed by atoms with Crippen LogP contribution in [0.4, 0.5) is 5.69 Å². The van der Waals surface area contributed by atoms with Gasteiger partial charge in [-0.1, -0.05) is 12.1 Å². The van der Waals surface area contributed by atoms with Crippen molar-refractivity contribution >= 4 is 17.5 Å². The first-order valence-corrected chi connectivity index (χ1v) is 7.40. The summed E-state index contributed by atoms with van der Waals surface area (Å²) in [6.45, 7) is 4.00. The number of benzene rings is 1. The highest BCUT2D eigenvalue weighted by Gasteiger charge is 2.24. The minimum Gasteiger partial charge on any atom is -0.370 e. The summed E-state index contributed by atoms with van der Waals surface area (Å²) in [6, 6.07) is 7.59. The van der Waals surface area contributed by atoms with Gasteiger partial charge in [0, 0.05) is 36.6 Å². The van der Waals surface area contributed by atoms with Gasteiger partial charge in [0.2, 0.25) is 11.8 Å². The number of primary amides is 1. The van der Waals surface area contributed by atoms with Gasteiger partial charge in [0.15, 0.2) is 0 Å². The van der Waals surface area contributed by atoms with Crippen molar-refractivity contribution in [2.24, 2.45) is 5.73 Å². The molecule has 0 fully saturated rings. The van der Waals surface area contributed by atoms with Crippen molar-refractivity contribution in [3.63, 3.8) is 0 Å². The molecular formula is C17H20N4O2. The number of aromatic nitrogens is 2. The highest BCUT2D eigenvalue weighted by Crippen LogP contribution is 2.23. The van der Waals surface area contributed by atoms with Crippen molar-refractivity contribution in [3.8, 4) is 0 Å². The lowest BCUT2D eigenvalue weighted by Gasteiger charge is -2.26. The summed E-state index contributed by atoms with van der Waals surface area (Å²) < 4.78 is 0. The molecule has 1 aromatic heterocycles. The van der Waals surface area contributed by atoms with Crippen LogP contribution in [0.25, 0.3) is 0 Å². The molecule has 6 heteroatoms. The van der Waals surface area contributed by atoms with Gasteiger partial charge < -0.3 is 10.6 Å². The molecule has 0 aliphatic heterocycles. The molecular weight excluding hydrogens is 292 g/mol. The summed E-state index contributed by atoms with van der Waals surface area (Å²) in [4.78, 5) is 33.5. The maximum atomic E-state index is 12.9. The molecule has 120 valence electrons. The third-order valence-electron chi connectivity index (χ3n) is 3.61. The molecule has 0 aliphatic rings. The quantitative estimate of drug-likeness (QED) is 0.880. The molecule has 0 saturated carbocycles. The standard InChI is InChI=1S/C17H20N4O2/c1-12-4-3-5-15(8-12)21(7-6-16(18)22)17(23)13(2)14-9-19-11-20-10-14/h3-5,8-11,13H,6-7H2,1-2H3,(H2,18,22). The molecule has 0 aliphatic carbocycles. The number of carbonyl (C=O) groups is 2. The SMILES string of the molecule is Cc1cccc(N(CCC(N)=O)C(=O)C(C)c2cncnc2)c1. The topological polar surface area (TPSA) is 89.2 Å². The van der Waals surface area contributed by atoms with E-state index in [1.54, 1.807) is 24.2 Å². The van der Waals surface area contributed by atoms with Gasteiger partial charge in [-0.2, -0.15) is 0 Å². The zero-order chi connectivity index (χ0) is 16.8. The fraction of sp³-hybridized carbons (Fsp3) is 0.294. The maximum absolute atomic E-state index is 12.9. The lowest BCUT2D eigenvalue weighted by molar-refractivity contribution is -0.120. The van der Waals surface area contributed by atoms with Crippen LogP contribution >= 0.6 is 0 Å². The number of aryl methyl sites for hydroxylation is 1. The van der Waals surface area contributed by atoms with E-state index in [1.165, 1.54) is 6.33 Å². The average Bonchev–Trinajstić information content (AvgIpc) is 2.55. The first-order chi connectivity index (χ1) is 11.0. The Morgan fingerprint density at radius 1 is 1.26 bits per heavy atom. The van der Waals surface area contributed by atoms with Crippen LogP contribution < -0.4 is 10.6 Å². The molecule has 1 atom stereocenters. The molecule has 23 heavy (non-hydrogen) atoms. The van der Waals surface area contributed by atoms with Crippen LogP contribution in [0.5, 0.6) is 0 Å². The average molecular weight is 312 g/mol. The van der Waals surface area contributed by atoms with Crippen LogP contribution in [0.1, 0.15) is 30.4 Å². The lowest BCUT2D eigenvalue weighted by atomic mass is 10.0. The predicted octanol–water partition coefficient (Wildman–Crippen LogP) is 1.80. The summed E-state index contributed by atoms with van der Waals surface area (Å²) in [5.41, 5.74) is 7.76. The third kappa shape index (κ3) is 4.35. The molecule has 1 heterocycles. The number of carbonyl (C=O) groups excluding carboxylic acids is 2. The van der Waals surface area contributed by atoms with E-state index in [9.17, 15) is 9.59 Å². The van der Waals surface area contributed by atoms with E-state index in [-0.39, 0.29) is 18.9 Å². The Bertz CT molecular complexity index is 688. The number of amides is 2. The Kier molecular flexibility index (Phi) is 5.41. The minimum atomic E-state index is -0.439. The van der Waals surface area contributed by atoms with Crippen LogP contribution in [0.2, 0.25) is 0 Å². The first-order valence-electron chi connectivity index (χ1n) is 7.40. The highest BCUT2D eigenvalue weighted by molar-refractivity contribution is 5.98. The van der Waals surface area contributed by atoms with Gasteiger partial charge in [-0.15, -0.1) is 0 Å². The number of nitrogens with zero attached hydrogens (tertiary/aromatic N) is 3. The Morgan fingerprint density at radius 2 is 1.96 bits per heavy atom. The third-order valence-corrected chi connectivity index (χ3v) is 3.61. The van der Waals surface area contributed by atoms with E-state index in [4.69, 9.17) is 5.73 Å². The van der Waals surface area contributed by atoms with E-state index in [1.807, 2.05) is 31.2 Å². The molecule has 1 unspecified atom stereocenters. The normalized spacial score (nSPS) is 11.7. The van der Waals surface area contributed by atoms with Gasteiger partial charge in [0.05, 0.1) is 5.92 Å². The van der Waals surface area contributed by atoms with Crippen LogP contribution in [-0.2, 0) is 9.59 Å². The molecule has 2 rings (SSSR count). The van der Waals surface area contributed by atoms with E-state index >= 15 is 0 Å². The smallest absolute Gasteiger partial charge is 0.234 e. The zero-order valence-corrected chi connectivity index (χ0v) is 13.3. The predicted molar refractivity (Wildman–Crippen MR) is 87.8 cm³/mol. The second-order valence-electron chi connectivity index (χ2n) is 5.44. The van der Waals surface area contributed by atoms with Gasteiger partial charge >= 0.3 is 0 Å². The maximum Gasteiger partial charge on any atom is 0.234 e. The van der Waals surface area contributed by atoms with Crippen LogP contribution in [0.15, 0.2) is 43.0 Å². The summed E-state index contributed by atoms with van der Waals surface area (Å²) in [6.07, 6.45) is 4.78. The van der Waals surface area contributed by atoms with Gasteiger partial charge in [0.25, 0.3) is 0 Å². The van der Waals surface area contributed by atoms with Crippen molar-refractivity contribution in [3.05, 3.63) is 54.1 Å². The van der Waals surface area contributed by atoms with Crippen LogP contribution in [0.3, 0.4) is 0 Å². The molecule has 2 N–H and O–H groups in total. The summed E-state index contributed by atoms with van der Waals surface area (Å²) >= 11 is 0. The molecule has 0 spiro atoms. The summed E-state index contributed by atoms with van der Waals surface area (Å²) in [5, 5.41) is 0. The van der Waals surface area contributed by atoms with Crippen LogP contribution in [-0.4, -0.2) is 28.3 Å². The summed E-state index contributed by atoms with van der Waals surface area (Å²) in [7, 11) is 0. The molecule has 2 aromatic rings. The minimum absolute atomic E-state index is 0.109. The molecule has 0 radical (unpaired) electrons. The van der Waals surface area contributed by atoms with Gasteiger partial charge in [-0.25, -0.2) is 9.97 Å². The number of anilines is 1. The van der Waals surface area contributed by atoms with Crippen molar-refractivity contribution in [2.45, 2.75) is 26.2 Å². The Labute approximate surface area is 135 Å². The van der Waals surface area contributed by atoms with E-state index in [0.717, 1.165) is 16.8 Å². The number of rotatable bonds is 6. The monoisotopic (exact) mass is 312 g/mol. The Balaban J connectivity index is 2.29. The fourth-order valence-electron chi connectivity index (χ4n) is 2.29. The first kappa shape index (κ1) is 16.6. The largest absolute Gasteiger partial charge is 0.370 e. The Morgan fingerprint density at radius 3 is 2.57 bits per heavy atom. The highest BCUT2D eigenvalue weighted by atomic mass is 16.2. The van der Waals surface area contributed by atoms with E-state index < -0.39 is 11.8 Å². The second-order valence-corrected chi connectivity index (χ2v) is 5.44. The summed E-state index contributed by atoms with van der Waals surface area (Å²) in [5.74, 6) is -0.970. The van der Waals surface area contributed by atoms with Gasteiger partial charge in [-0.3, -0.25) is 9.59 Å². The molecule has 0 saturated heterocycles. The Hall–Kier alpha value is -2.76. The number of nitrogens with two attached hydrogens (primary N) is 1. The van der Waals surface area contributed by atoms with E-state index in [2.05, 4.69) is 9.97 Å². The molecule has 0 bridgehead atoms. The molecule has 1 aromatic carbocycles. The molecule has 6 nitrogen and oxygen atoms in total. The zero-order valence-electron chi connectivity index (χ0n) is 13.3.